The number of rotatable bonds is 5. The van der Waals surface area contributed by atoms with E-state index in [1.165, 1.54) is 0 Å². The smallest absolute Gasteiger partial charge is 0.407 e. The van der Waals surface area contributed by atoms with Gasteiger partial charge in [0.25, 0.3) is 0 Å². The minimum atomic E-state index is -0.231. The first kappa shape index (κ1) is 13.7. The fourth-order valence-corrected chi connectivity index (χ4v) is 3.32. The third kappa shape index (κ3) is 2.79. The number of unbranched alkanes of at least 4 members (excludes halogenated alkanes) is 1. The van der Waals surface area contributed by atoms with Crippen molar-refractivity contribution in [2.24, 2.45) is 11.1 Å². The number of nitrogens with one attached hydrogen (secondary N) is 1. The van der Waals surface area contributed by atoms with Gasteiger partial charge in [0.1, 0.15) is 0 Å². The summed E-state index contributed by atoms with van der Waals surface area (Å²) in [4.78, 5) is 11.8. The standard InChI is InChI=1S/C14H26N2O2/c1-2-3-10-18-12(17)16-14-7-4-13(11-15,5-8-14)6-9-14/h2-11,15H2,1H3,(H,16,17). The molecule has 2 bridgehead atoms. The number of alkyl carbamates (subject to hydrolysis) is 1. The molecule has 3 fully saturated rings. The fourth-order valence-electron chi connectivity index (χ4n) is 3.32. The van der Waals surface area contributed by atoms with Crippen LogP contribution in [-0.4, -0.2) is 24.8 Å². The monoisotopic (exact) mass is 254 g/mol. The van der Waals surface area contributed by atoms with Crippen molar-refractivity contribution in [3.05, 3.63) is 0 Å². The van der Waals surface area contributed by atoms with Crippen molar-refractivity contribution in [3.63, 3.8) is 0 Å². The molecule has 104 valence electrons. The van der Waals surface area contributed by atoms with Gasteiger partial charge in [-0.2, -0.15) is 0 Å². The Kier molecular flexibility index (Phi) is 4.15. The van der Waals surface area contributed by atoms with Crippen LogP contribution in [0.2, 0.25) is 0 Å². The van der Waals surface area contributed by atoms with E-state index < -0.39 is 0 Å². The summed E-state index contributed by atoms with van der Waals surface area (Å²) < 4.78 is 5.21. The largest absolute Gasteiger partial charge is 0.450 e. The summed E-state index contributed by atoms with van der Waals surface area (Å²) in [5, 5.41) is 3.12. The average molecular weight is 254 g/mol. The van der Waals surface area contributed by atoms with E-state index in [1.807, 2.05) is 0 Å². The molecule has 3 saturated carbocycles. The van der Waals surface area contributed by atoms with Gasteiger partial charge in [-0.1, -0.05) is 13.3 Å². The molecule has 0 aromatic rings. The first-order valence-electron chi connectivity index (χ1n) is 7.29. The van der Waals surface area contributed by atoms with Crippen LogP contribution in [0.15, 0.2) is 0 Å². The highest BCUT2D eigenvalue weighted by molar-refractivity contribution is 5.68. The quantitative estimate of drug-likeness (QED) is 0.741. The van der Waals surface area contributed by atoms with Gasteiger partial charge in [0.05, 0.1) is 6.61 Å². The summed E-state index contributed by atoms with van der Waals surface area (Å²) in [6.45, 7) is 3.42. The van der Waals surface area contributed by atoms with E-state index in [1.54, 1.807) is 0 Å². The summed E-state index contributed by atoms with van der Waals surface area (Å²) in [5.74, 6) is 0. The second-order valence-electron chi connectivity index (χ2n) is 6.10. The SMILES string of the molecule is CCCCOC(=O)NC12CCC(CN)(CC1)CC2. The van der Waals surface area contributed by atoms with Gasteiger partial charge in [0.15, 0.2) is 0 Å². The molecule has 0 spiro atoms. The number of fused-ring (bicyclic) bond motifs is 3. The van der Waals surface area contributed by atoms with Crippen LogP contribution in [0.3, 0.4) is 0 Å². The van der Waals surface area contributed by atoms with Crippen LogP contribution >= 0.6 is 0 Å². The molecule has 3 rings (SSSR count). The summed E-state index contributed by atoms with van der Waals surface area (Å²) in [6.07, 6.45) is 8.41. The van der Waals surface area contributed by atoms with Crippen LogP contribution in [0.1, 0.15) is 58.3 Å². The lowest BCUT2D eigenvalue weighted by atomic mass is 9.57. The summed E-state index contributed by atoms with van der Waals surface area (Å²) >= 11 is 0. The second-order valence-corrected chi connectivity index (χ2v) is 6.10. The average Bonchev–Trinajstić information content (AvgIpc) is 2.41. The van der Waals surface area contributed by atoms with Gasteiger partial charge in [-0.05, 0) is 56.9 Å². The molecule has 3 aliphatic carbocycles. The zero-order chi connectivity index (χ0) is 13.1. The van der Waals surface area contributed by atoms with Gasteiger partial charge in [-0.3, -0.25) is 0 Å². The molecule has 0 unspecified atom stereocenters. The molecule has 0 heterocycles. The number of amides is 1. The summed E-state index contributed by atoms with van der Waals surface area (Å²) in [7, 11) is 0. The molecule has 0 atom stereocenters. The predicted octanol–water partition coefficient (Wildman–Crippen LogP) is 2.56. The third-order valence-corrected chi connectivity index (χ3v) is 4.93. The molecule has 0 aliphatic heterocycles. The van der Waals surface area contributed by atoms with Gasteiger partial charge in [-0.15, -0.1) is 0 Å². The van der Waals surface area contributed by atoms with Crippen molar-refractivity contribution in [1.29, 1.82) is 0 Å². The van der Waals surface area contributed by atoms with Crippen molar-refractivity contribution in [2.75, 3.05) is 13.2 Å². The molecular formula is C14H26N2O2. The zero-order valence-electron chi connectivity index (χ0n) is 11.5. The normalized spacial score (nSPS) is 34.3. The zero-order valence-corrected chi connectivity index (χ0v) is 11.5. The maximum Gasteiger partial charge on any atom is 0.407 e. The van der Waals surface area contributed by atoms with Crippen molar-refractivity contribution in [1.82, 2.24) is 5.32 Å². The topological polar surface area (TPSA) is 64.3 Å². The highest BCUT2D eigenvalue weighted by Crippen LogP contribution is 2.51. The van der Waals surface area contributed by atoms with Gasteiger partial charge in [0, 0.05) is 5.54 Å². The van der Waals surface area contributed by atoms with Gasteiger partial charge in [-0.25, -0.2) is 4.79 Å². The van der Waals surface area contributed by atoms with Crippen LogP contribution in [-0.2, 0) is 4.74 Å². The highest BCUT2D eigenvalue weighted by Gasteiger charge is 2.48. The molecule has 1 amide bonds. The second kappa shape index (κ2) is 5.47. The number of ether oxygens (including phenoxy) is 1. The molecule has 0 aromatic carbocycles. The Morgan fingerprint density at radius 1 is 1.22 bits per heavy atom. The molecule has 4 heteroatoms. The van der Waals surface area contributed by atoms with E-state index in [2.05, 4.69) is 12.2 Å². The van der Waals surface area contributed by atoms with Crippen molar-refractivity contribution >= 4 is 6.09 Å². The van der Waals surface area contributed by atoms with E-state index in [-0.39, 0.29) is 11.6 Å². The number of hydrogen-bond acceptors (Lipinski definition) is 3. The molecule has 0 aromatic heterocycles. The Labute approximate surface area is 110 Å². The number of carbonyl (C=O) groups is 1. The summed E-state index contributed by atoms with van der Waals surface area (Å²) in [6, 6.07) is 0. The molecule has 4 nitrogen and oxygen atoms in total. The Morgan fingerprint density at radius 2 is 1.83 bits per heavy atom. The van der Waals surface area contributed by atoms with E-state index in [0.29, 0.717) is 12.0 Å². The van der Waals surface area contributed by atoms with E-state index in [4.69, 9.17) is 10.5 Å². The lowest BCUT2D eigenvalue weighted by Crippen LogP contribution is -2.58. The maximum atomic E-state index is 11.8. The Bertz CT molecular complexity index is 280. The minimum absolute atomic E-state index is 0.000216. The van der Waals surface area contributed by atoms with Crippen LogP contribution < -0.4 is 11.1 Å². The van der Waals surface area contributed by atoms with Gasteiger partial charge >= 0.3 is 6.09 Å². The number of hydrogen-bond donors (Lipinski definition) is 2. The Hall–Kier alpha value is -0.770. The molecule has 3 aliphatic rings. The predicted molar refractivity (Wildman–Crippen MR) is 71.3 cm³/mol. The lowest BCUT2D eigenvalue weighted by Gasteiger charge is -2.53. The van der Waals surface area contributed by atoms with E-state index >= 15 is 0 Å². The van der Waals surface area contributed by atoms with Crippen molar-refractivity contribution in [3.8, 4) is 0 Å². The Balaban J connectivity index is 1.82. The highest BCUT2D eigenvalue weighted by atomic mass is 16.5. The van der Waals surface area contributed by atoms with Crippen molar-refractivity contribution < 1.29 is 9.53 Å². The number of nitrogens with two attached hydrogens (primary N) is 1. The van der Waals surface area contributed by atoms with Crippen LogP contribution in [0.25, 0.3) is 0 Å². The molecular weight excluding hydrogens is 228 g/mol. The third-order valence-electron chi connectivity index (χ3n) is 4.93. The lowest BCUT2D eigenvalue weighted by molar-refractivity contribution is 0.0265. The van der Waals surface area contributed by atoms with Crippen LogP contribution in [0.5, 0.6) is 0 Å². The van der Waals surface area contributed by atoms with E-state index in [9.17, 15) is 4.79 Å². The molecule has 0 radical (unpaired) electrons. The number of carbonyl (C=O) groups excluding carboxylic acids is 1. The first-order valence-corrected chi connectivity index (χ1v) is 7.29. The van der Waals surface area contributed by atoms with Gasteiger partial charge < -0.3 is 15.8 Å². The summed E-state index contributed by atoms with van der Waals surface area (Å²) in [5.41, 5.74) is 6.26. The van der Waals surface area contributed by atoms with Gasteiger partial charge in [0.2, 0.25) is 0 Å². The molecule has 18 heavy (non-hydrogen) atoms. The van der Waals surface area contributed by atoms with Crippen LogP contribution in [0, 0.1) is 5.41 Å². The van der Waals surface area contributed by atoms with Crippen LogP contribution in [0.4, 0.5) is 4.79 Å². The minimum Gasteiger partial charge on any atom is -0.450 e. The molecule has 0 saturated heterocycles. The fraction of sp³-hybridized carbons (Fsp3) is 0.929. The van der Waals surface area contributed by atoms with Crippen molar-refractivity contribution in [2.45, 2.75) is 63.8 Å². The van der Waals surface area contributed by atoms with E-state index in [0.717, 1.165) is 57.9 Å². The maximum absolute atomic E-state index is 11.8. The molecule has 3 N–H and O–H groups in total. The Morgan fingerprint density at radius 3 is 2.33 bits per heavy atom. The first-order chi connectivity index (χ1) is 8.64.